The Labute approximate surface area is 212 Å². The van der Waals surface area contributed by atoms with Gasteiger partial charge in [-0.2, -0.15) is 0 Å². The van der Waals surface area contributed by atoms with Crippen molar-refractivity contribution in [1.82, 2.24) is 4.90 Å². The average molecular weight is 501 g/mol. The molecule has 2 unspecified atom stereocenters. The highest BCUT2D eigenvalue weighted by atomic mass is 35.5. The largest absolute Gasteiger partial charge is 0.384 e. The van der Waals surface area contributed by atoms with Gasteiger partial charge in [0, 0.05) is 48.8 Å². The summed E-state index contributed by atoms with van der Waals surface area (Å²) in [6.07, 6.45) is 6.80. The van der Waals surface area contributed by atoms with Gasteiger partial charge in [0.05, 0.1) is 5.69 Å². The van der Waals surface area contributed by atoms with Gasteiger partial charge in [0.15, 0.2) is 0 Å². The molecule has 188 valence electrons. The smallest absolute Gasteiger partial charge is 0.248 e. The van der Waals surface area contributed by atoms with E-state index < -0.39 is 11.8 Å². The minimum Gasteiger partial charge on any atom is -0.384 e. The molecule has 0 amide bonds. The number of hydrogen-bond acceptors (Lipinski definition) is 3. The molecule has 2 aromatic carbocycles. The third-order valence-electron chi connectivity index (χ3n) is 7.27. The van der Waals surface area contributed by atoms with E-state index in [0.29, 0.717) is 23.7 Å². The minimum absolute atomic E-state index is 0.268. The van der Waals surface area contributed by atoms with Crippen LogP contribution in [-0.4, -0.2) is 48.9 Å². The van der Waals surface area contributed by atoms with Gasteiger partial charge in [-0.05, 0) is 75.1 Å². The van der Waals surface area contributed by atoms with E-state index in [9.17, 15) is 8.78 Å². The van der Waals surface area contributed by atoms with Crippen LogP contribution >= 0.6 is 11.6 Å². The van der Waals surface area contributed by atoms with Gasteiger partial charge in [-0.1, -0.05) is 41.8 Å². The molecule has 2 N–H and O–H groups in total. The lowest BCUT2D eigenvalue weighted by Gasteiger charge is -2.43. The van der Waals surface area contributed by atoms with Crippen LogP contribution in [0.5, 0.6) is 0 Å². The zero-order valence-electron chi connectivity index (χ0n) is 20.6. The Morgan fingerprint density at radius 1 is 1.09 bits per heavy atom. The van der Waals surface area contributed by atoms with Crippen molar-refractivity contribution in [2.45, 2.75) is 51.5 Å². The molecule has 4 rings (SSSR count). The summed E-state index contributed by atoms with van der Waals surface area (Å²) in [5, 5.41) is 0.657. The number of anilines is 1. The van der Waals surface area contributed by atoms with Crippen molar-refractivity contribution in [3.05, 3.63) is 64.7 Å². The maximum Gasteiger partial charge on any atom is 0.248 e. The Morgan fingerprint density at radius 3 is 2.46 bits per heavy atom. The number of alkyl halides is 2. The zero-order chi connectivity index (χ0) is 25.0. The number of nitrogens with two attached hydrogens (primary N) is 1. The molecule has 7 heteroatoms. The number of aliphatic imine (C=N–C) groups is 1. The molecule has 2 aromatic rings. The lowest BCUT2D eigenvalue weighted by Crippen LogP contribution is -2.52. The van der Waals surface area contributed by atoms with E-state index in [1.807, 2.05) is 49.4 Å². The molecular weight excluding hydrogens is 466 g/mol. The molecule has 4 nitrogen and oxygen atoms in total. The Balaban J connectivity index is 1.33. The van der Waals surface area contributed by atoms with E-state index in [-0.39, 0.29) is 6.04 Å². The second-order valence-corrected chi connectivity index (χ2v) is 10.3. The quantitative estimate of drug-likeness (QED) is 0.355. The van der Waals surface area contributed by atoms with Crippen LogP contribution in [-0.2, 0) is 0 Å². The molecule has 0 bridgehead atoms. The van der Waals surface area contributed by atoms with Crippen LogP contribution in [0.4, 0.5) is 20.2 Å². The van der Waals surface area contributed by atoms with Crippen molar-refractivity contribution >= 4 is 34.9 Å². The summed E-state index contributed by atoms with van der Waals surface area (Å²) in [6.45, 7) is 6.61. The third kappa shape index (κ3) is 6.83. The summed E-state index contributed by atoms with van der Waals surface area (Å²) >= 11 is 6.58. The number of amidine groups is 1. The highest BCUT2D eigenvalue weighted by Crippen LogP contribution is 2.38. The number of hydrogen-bond donors (Lipinski definition) is 1. The molecule has 1 saturated carbocycles. The predicted molar refractivity (Wildman–Crippen MR) is 143 cm³/mol. The second kappa shape index (κ2) is 11.1. The molecule has 2 aliphatic rings. The van der Waals surface area contributed by atoms with Crippen LogP contribution in [0.3, 0.4) is 0 Å². The average Bonchev–Trinajstić information content (AvgIpc) is 2.84. The molecule has 1 saturated heterocycles. The van der Waals surface area contributed by atoms with Crippen LogP contribution in [0.25, 0.3) is 6.08 Å². The van der Waals surface area contributed by atoms with Gasteiger partial charge in [0.1, 0.15) is 5.84 Å². The van der Waals surface area contributed by atoms with Crippen LogP contribution < -0.4 is 10.6 Å². The van der Waals surface area contributed by atoms with Gasteiger partial charge < -0.3 is 10.6 Å². The number of piperazine rings is 1. The van der Waals surface area contributed by atoms with Crippen molar-refractivity contribution < 1.29 is 8.78 Å². The molecule has 1 aliphatic carbocycles. The number of benzene rings is 2. The molecule has 1 aliphatic heterocycles. The van der Waals surface area contributed by atoms with Crippen LogP contribution in [0.2, 0.25) is 5.02 Å². The molecular formula is C28H35ClF2N4. The first kappa shape index (κ1) is 25.6. The summed E-state index contributed by atoms with van der Waals surface area (Å²) in [5.41, 5.74) is 10.0. The first-order chi connectivity index (χ1) is 16.7. The summed E-state index contributed by atoms with van der Waals surface area (Å²) in [7, 11) is 0. The van der Waals surface area contributed by atoms with E-state index in [1.165, 1.54) is 5.56 Å². The molecule has 0 spiro atoms. The van der Waals surface area contributed by atoms with Crippen molar-refractivity contribution in [2.75, 3.05) is 31.1 Å². The fourth-order valence-electron chi connectivity index (χ4n) is 5.13. The van der Waals surface area contributed by atoms with E-state index in [1.54, 1.807) is 6.08 Å². The first-order valence-corrected chi connectivity index (χ1v) is 12.8. The zero-order valence-corrected chi connectivity index (χ0v) is 21.3. The molecule has 0 radical (unpaired) electrons. The van der Waals surface area contributed by atoms with Gasteiger partial charge in [0.2, 0.25) is 5.92 Å². The van der Waals surface area contributed by atoms with E-state index in [0.717, 1.165) is 62.9 Å². The summed E-state index contributed by atoms with van der Waals surface area (Å²) in [5.74, 6) is -2.66. The van der Waals surface area contributed by atoms with Gasteiger partial charge >= 0.3 is 0 Å². The predicted octanol–water partition coefficient (Wildman–Crippen LogP) is 6.69. The molecule has 35 heavy (non-hydrogen) atoms. The highest BCUT2D eigenvalue weighted by Gasteiger charge is 2.39. The Hall–Kier alpha value is -2.44. The fourth-order valence-corrected chi connectivity index (χ4v) is 5.37. The number of rotatable bonds is 6. The number of aryl methyl sites for hydroxylation is 1. The van der Waals surface area contributed by atoms with E-state index in [2.05, 4.69) is 20.9 Å². The van der Waals surface area contributed by atoms with Crippen molar-refractivity contribution in [3.8, 4) is 0 Å². The normalized spacial score (nSPS) is 22.7. The number of nitrogens with zero attached hydrogens (tertiary/aromatic N) is 3. The second-order valence-electron chi connectivity index (χ2n) is 9.91. The lowest BCUT2D eigenvalue weighted by atomic mass is 9.81. The summed E-state index contributed by atoms with van der Waals surface area (Å²) < 4.78 is 27.7. The van der Waals surface area contributed by atoms with Gasteiger partial charge in [-0.25, -0.2) is 13.8 Å². The minimum atomic E-state index is -2.58. The topological polar surface area (TPSA) is 44.9 Å². The van der Waals surface area contributed by atoms with Gasteiger partial charge in [-0.15, -0.1) is 0 Å². The monoisotopic (exact) mass is 500 g/mol. The van der Waals surface area contributed by atoms with Crippen LogP contribution in [0, 0.1) is 12.8 Å². The Bertz CT molecular complexity index is 1050. The third-order valence-corrected chi connectivity index (χ3v) is 7.60. The summed E-state index contributed by atoms with van der Waals surface area (Å²) in [6, 6.07) is 14.2. The number of halogens is 3. The van der Waals surface area contributed by atoms with Crippen LogP contribution in [0.1, 0.15) is 43.7 Å². The molecule has 0 aromatic heterocycles. The lowest BCUT2D eigenvalue weighted by molar-refractivity contribution is -0.0663. The maximum absolute atomic E-state index is 13.9. The Kier molecular flexibility index (Phi) is 8.12. The van der Waals surface area contributed by atoms with Crippen molar-refractivity contribution in [2.24, 2.45) is 16.6 Å². The molecule has 2 atom stereocenters. The maximum atomic E-state index is 13.9. The van der Waals surface area contributed by atoms with Gasteiger partial charge in [-0.3, -0.25) is 4.90 Å². The molecule has 1 heterocycles. The van der Waals surface area contributed by atoms with Gasteiger partial charge in [0.25, 0.3) is 0 Å². The van der Waals surface area contributed by atoms with Crippen molar-refractivity contribution in [1.29, 1.82) is 0 Å². The Morgan fingerprint density at radius 2 is 1.80 bits per heavy atom. The van der Waals surface area contributed by atoms with Crippen LogP contribution in [0.15, 0.2) is 53.5 Å². The first-order valence-electron chi connectivity index (χ1n) is 12.4. The highest BCUT2D eigenvalue weighted by molar-refractivity contribution is 6.32. The summed E-state index contributed by atoms with van der Waals surface area (Å²) in [4.78, 5) is 9.13. The fraction of sp³-hybridized carbons (Fsp3) is 0.464. The molecule has 2 fully saturated rings. The van der Waals surface area contributed by atoms with E-state index >= 15 is 0 Å². The SMILES string of the molecule is Cc1ccc(N=C(N)/C=C/c2ccc(N3CCN(C4CCCC(C(C)(F)F)C4)CC3)cc2Cl)cc1. The van der Waals surface area contributed by atoms with E-state index in [4.69, 9.17) is 17.3 Å². The van der Waals surface area contributed by atoms with Crippen molar-refractivity contribution in [3.63, 3.8) is 0 Å². The standard InChI is InChI=1S/C28H35ClF2N4/c1-20-6-10-23(11-7-20)33-27(32)13-9-21-8-12-25(19-26(21)29)35-16-14-34(15-17-35)24-5-3-4-22(18-24)28(2,30)31/h6-13,19,22,24H,3-5,14-18H2,1-2H3,(H2,32,33)/b13-9+.